The average molecular weight is 347 g/mol. The molecule has 1 fully saturated rings. The summed E-state index contributed by atoms with van der Waals surface area (Å²) in [5.74, 6) is 0.308. The molecule has 0 aliphatic carbocycles. The van der Waals surface area contributed by atoms with Gasteiger partial charge in [0.1, 0.15) is 0 Å². The molecule has 3 nitrogen and oxygen atoms in total. The second-order valence-corrected chi connectivity index (χ2v) is 5.99. The van der Waals surface area contributed by atoms with Crippen LogP contribution in [0.3, 0.4) is 0 Å². The van der Waals surface area contributed by atoms with E-state index in [0.29, 0.717) is 23.0 Å². The van der Waals surface area contributed by atoms with Gasteiger partial charge in [0.05, 0.1) is 11.7 Å². The van der Waals surface area contributed by atoms with Crippen LogP contribution in [0.1, 0.15) is 30.1 Å². The largest absolute Gasteiger partial charge is 0.378 e. The standard InChI is InChI=1S/C14H17BrClNO2/c1-2-13-9(5-6-19-13)8-17-14(18)11-7-10(16)3-4-12(11)15/h3-4,7,9,13H,2,5-6,8H2,1H3,(H,17,18). The minimum atomic E-state index is -0.101. The summed E-state index contributed by atoms with van der Waals surface area (Å²) >= 11 is 9.28. The second-order valence-electron chi connectivity index (χ2n) is 4.70. The first-order valence-corrected chi connectivity index (χ1v) is 7.63. The highest BCUT2D eigenvalue weighted by Gasteiger charge is 2.27. The van der Waals surface area contributed by atoms with Crippen LogP contribution in [0.25, 0.3) is 0 Å². The van der Waals surface area contributed by atoms with Crippen LogP contribution in [0.15, 0.2) is 22.7 Å². The van der Waals surface area contributed by atoms with E-state index in [2.05, 4.69) is 28.2 Å². The molecule has 1 aromatic carbocycles. The van der Waals surface area contributed by atoms with Crippen LogP contribution in [-0.2, 0) is 4.74 Å². The van der Waals surface area contributed by atoms with Gasteiger partial charge in [-0.2, -0.15) is 0 Å². The smallest absolute Gasteiger partial charge is 0.252 e. The number of carbonyl (C=O) groups excluding carboxylic acids is 1. The first-order chi connectivity index (χ1) is 9.11. The van der Waals surface area contributed by atoms with Crippen LogP contribution < -0.4 is 5.32 Å². The third-order valence-corrected chi connectivity index (χ3v) is 4.37. The number of amides is 1. The topological polar surface area (TPSA) is 38.3 Å². The lowest BCUT2D eigenvalue weighted by Gasteiger charge is -2.17. The maximum atomic E-state index is 12.1. The fraction of sp³-hybridized carbons (Fsp3) is 0.500. The van der Waals surface area contributed by atoms with E-state index in [-0.39, 0.29) is 12.0 Å². The van der Waals surface area contributed by atoms with Crippen molar-refractivity contribution < 1.29 is 9.53 Å². The van der Waals surface area contributed by atoms with Crippen molar-refractivity contribution in [3.63, 3.8) is 0 Å². The molecule has 0 radical (unpaired) electrons. The fourth-order valence-electron chi connectivity index (χ4n) is 2.37. The molecule has 1 amide bonds. The lowest BCUT2D eigenvalue weighted by Crippen LogP contribution is -2.32. The zero-order chi connectivity index (χ0) is 13.8. The van der Waals surface area contributed by atoms with Crippen LogP contribution in [0, 0.1) is 5.92 Å². The summed E-state index contributed by atoms with van der Waals surface area (Å²) in [6.07, 6.45) is 2.26. The molecule has 1 heterocycles. The third-order valence-electron chi connectivity index (χ3n) is 3.45. The molecule has 1 N–H and O–H groups in total. The Kier molecular flexibility index (Phi) is 5.25. The van der Waals surface area contributed by atoms with Crippen LogP contribution in [-0.4, -0.2) is 25.2 Å². The Morgan fingerprint density at radius 2 is 2.37 bits per heavy atom. The van der Waals surface area contributed by atoms with Crippen LogP contribution >= 0.6 is 27.5 Å². The van der Waals surface area contributed by atoms with Crippen molar-refractivity contribution in [1.82, 2.24) is 5.32 Å². The van der Waals surface area contributed by atoms with Crippen molar-refractivity contribution in [2.45, 2.75) is 25.9 Å². The first-order valence-electron chi connectivity index (χ1n) is 6.46. The normalized spacial score (nSPS) is 22.5. The van der Waals surface area contributed by atoms with Crippen LogP contribution in [0.5, 0.6) is 0 Å². The number of hydrogen-bond donors (Lipinski definition) is 1. The zero-order valence-electron chi connectivity index (χ0n) is 10.8. The van der Waals surface area contributed by atoms with Gasteiger partial charge in [-0.05, 0) is 47.0 Å². The maximum Gasteiger partial charge on any atom is 0.252 e. The molecule has 19 heavy (non-hydrogen) atoms. The number of benzene rings is 1. The van der Waals surface area contributed by atoms with Gasteiger partial charge in [-0.25, -0.2) is 0 Å². The number of ether oxygens (including phenoxy) is 1. The van der Waals surface area contributed by atoms with Crippen molar-refractivity contribution >= 4 is 33.4 Å². The Balaban J connectivity index is 1.96. The fourth-order valence-corrected chi connectivity index (χ4v) is 2.97. The quantitative estimate of drug-likeness (QED) is 0.904. The van der Waals surface area contributed by atoms with Crippen LogP contribution in [0.4, 0.5) is 0 Å². The van der Waals surface area contributed by atoms with Crippen molar-refractivity contribution in [2.75, 3.05) is 13.2 Å². The summed E-state index contributed by atoms with van der Waals surface area (Å²) in [5.41, 5.74) is 0.569. The van der Waals surface area contributed by atoms with Gasteiger partial charge in [-0.1, -0.05) is 18.5 Å². The molecule has 0 spiro atoms. The summed E-state index contributed by atoms with van der Waals surface area (Å²) in [6, 6.07) is 5.20. The Morgan fingerprint density at radius 3 is 3.11 bits per heavy atom. The molecular weight excluding hydrogens is 330 g/mol. The van der Waals surface area contributed by atoms with Crippen molar-refractivity contribution in [2.24, 2.45) is 5.92 Å². The summed E-state index contributed by atoms with van der Waals surface area (Å²) in [4.78, 5) is 12.1. The van der Waals surface area contributed by atoms with Gasteiger partial charge in [0, 0.05) is 28.6 Å². The SMILES string of the molecule is CCC1OCCC1CNC(=O)c1cc(Cl)ccc1Br. The highest BCUT2D eigenvalue weighted by atomic mass is 79.9. The van der Waals surface area contributed by atoms with Crippen molar-refractivity contribution in [3.05, 3.63) is 33.3 Å². The van der Waals surface area contributed by atoms with E-state index in [4.69, 9.17) is 16.3 Å². The van der Waals surface area contributed by atoms with Crippen molar-refractivity contribution in [3.8, 4) is 0 Å². The van der Waals surface area contributed by atoms with Gasteiger partial charge >= 0.3 is 0 Å². The van der Waals surface area contributed by atoms with Gasteiger partial charge < -0.3 is 10.1 Å². The van der Waals surface area contributed by atoms with E-state index in [9.17, 15) is 4.79 Å². The molecule has 1 saturated heterocycles. The number of rotatable bonds is 4. The van der Waals surface area contributed by atoms with Crippen LogP contribution in [0.2, 0.25) is 5.02 Å². The average Bonchev–Trinajstić information content (AvgIpc) is 2.86. The van der Waals surface area contributed by atoms with Gasteiger partial charge in [0.25, 0.3) is 5.91 Å². The van der Waals surface area contributed by atoms with E-state index in [1.807, 2.05) is 0 Å². The van der Waals surface area contributed by atoms with E-state index < -0.39 is 0 Å². The number of carbonyl (C=O) groups is 1. The molecule has 1 aromatic rings. The van der Waals surface area contributed by atoms with Gasteiger partial charge in [-0.3, -0.25) is 4.79 Å². The Labute approximate surface area is 126 Å². The summed E-state index contributed by atoms with van der Waals surface area (Å²) < 4.78 is 6.37. The minimum Gasteiger partial charge on any atom is -0.378 e. The number of nitrogens with one attached hydrogen (secondary N) is 1. The molecule has 1 aliphatic rings. The monoisotopic (exact) mass is 345 g/mol. The van der Waals surface area contributed by atoms with E-state index >= 15 is 0 Å². The molecule has 104 valence electrons. The highest BCUT2D eigenvalue weighted by Crippen LogP contribution is 2.24. The molecule has 1 aliphatic heterocycles. The van der Waals surface area contributed by atoms with Gasteiger partial charge in [0.15, 0.2) is 0 Å². The lowest BCUT2D eigenvalue weighted by atomic mass is 9.99. The van der Waals surface area contributed by atoms with E-state index in [1.165, 1.54) is 0 Å². The molecule has 2 unspecified atom stereocenters. The molecule has 0 saturated carbocycles. The number of halogens is 2. The van der Waals surface area contributed by atoms with E-state index in [0.717, 1.165) is 23.9 Å². The maximum absolute atomic E-state index is 12.1. The second kappa shape index (κ2) is 6.73. The van der Waals surface area contributed by atoms with Gasteiger partial charge in [-0.15, -0.1) is 0 Å². The zero-order valence-corrected chi connectivity index (χ0v) is 13.1. The number of hydrogen-bond acceptors (Lipinski definition) is 2. The molecule has 5 heteroatoms. The minimum absolute atomic E-state index is 0.101. The predicted molar refractivity (Wildman–Crippen MR) is 79.6 cm³/mol. The molecule has 0 bridgehead atoms. The predicted octanol–water partition coefficient (Wildman–Crippen LogP) is 3.65. The Bertz CT molecular complexity index is 467. The Morgan fingerprint density at radius 1 is 1.58 bits per heavy atom. The molecule has 2 atom stereocenters. The van der Waals surface area contributed by atoms with Crippen molar-refractivity contribution in [1.29, 1.82) is 0 Å². The molecule has 2 rings (SSSR count). The van der Waals surface area contributed by atoms with Gasteiger partial charge in [0.2, 0.25) is 0 Å². The highest BCUT2D eigenvalue weighted by molar-refractivity contribution is 9.10. The summed E-state index contributed by atoms with van der Waals surface area (Å²) in [6.45, 7) is 3.55. The molecule has 0 aromatic heterocycles. The summed E-state index contributed by atoms with van der Waals surface area (Å²) in [7, 11) is 0. The van der Waals surface area contributed by atoms with E-state index in [1.54, 1.807) is 18.2 Å². The molecular formula is C14H17BrClNO2. The third kappa shape index (κ3) is 3.71. The summed E-state index contributed by atoms with van der Waals surface area (Å²) in [5, 5.41) is 3.52. The Hall–Kier alpha value is -0.580. The lowest BCUT2D eigenvalue weighted by molar-refractivity contribution is 0.0826. The first kappa shape index (κ1) is 14.8.